The minimum Gasteiger partial charge on any atom is -0.493 e. The molecule has 1 saturated heterocycles. The van der Waals surface area contributed by atoms with Crippen LogP contribution in [0, 0.1) is 11.7 Å². The molecular weight excluding hydrogens is 181 g/mol. The van der Waals surface area contributed by atoms with E-state index in [1.165, 1.54) is 18.6 Å². The van der Waals surface area contributed by atoms with Crippen molar-refractivity contribution in [3.63, 3.8) is 0 Å². The summed E-state index contributed by atoms with van der Waals surface area (Å²) in [5.41, 5.74) is 0. The van der Waals surface area contributed by atoms with E-state index in [2.05, 4.69) is 5.32 Å². The molecule has 1 aromatic carbocycles. The Morgan fingerprint density at radius 3 is 2.79 bits per heavy atom. The highest BCUT2D eigenvalue weighted by atomic mass is 19.1. The van der Waals surface area contributed by atoms with Gasteiger partial charge in [-0.25, -0.2) is 4.39 Å². The van der Waals surface area contributed by atoms with Crippen molar-refractivity contribution in [2.75, 3.05) is 19.7 Å². The summed E-state index contributed by atoms with van der Waals surface area (Å²) in [6.45, 7) is 2.83. The molecule has 14 heavy (non-hydrogen) atoms. The molecule has 0 saturated carbocycles. The van der Waals surface area contributed by atoms with Crippen LogP contribution in [0.2, 0.25) is 0 Å². The summed E-state index contributed by atoms with van der Waals surface area (Å²) in [7, 11) is 0. The fourth-order valence-corrected chi connectivity index (χ4v) is 1.60. The lowest BCUT2D eigenvalue weighted by Crippen LogP contribution is -2.15. The van der Waals surface area contributed by atoms with Gasteiger partial charge in [-0.2, -0.15) is 0 Å². The molecule has 1 aliphatic heterocycles. The van der Waals surface area contributed by atoms with E-state index in [0.717, 1.165) is 25.4 Å². The van der Waals surface area contributed by atoms with E-state index in [1.807, 2.05) is 0 Å². The Balaban J connectivity index is 1.82. The standard InChI is InChI=1S/C11H14FNO/c12-10-1-3-11(4-2-10)14-8-9-5-6-13-7-9/h1-4,9,13H,5-8H2/t9-/m1/s1. The number of nitrogens with one attached hydrogen (secondary N) is 1. The summed E-state index contributed by atoms with van der Waals surface area (Å²) >= 11 is 0. The van der Waals surface area contributed by atoms with Crippen LogP contribution >= 0.6 is 0 Å². The van der Waals surface area contributed by atoms with Crippen molar-refractivity contribution >= 4 is 0 Å². The topological polar surface area (TPSA) is 21.3 Å². The number of halogens is 1. The third-order valence-corrected chi connectivity index (χ3v) is 2.46. The van der Waals surface area contributed by atoms with Gasteiger partial charge in [0, 0.05) is 12.5 Å². The minimum atomic E-state index is -0.222. The fourth-order valence-electron chi connectivity index (χ4n) is 1.60. The molecule has 0 unspecified atom stereocenters. The molecule has 1 heterocycles. The fraction of sp³-hybridized carbons (Fsp3) is 0.455. The van der Waals surface area contributed by atoms with Gasteiger partial charge in [0.15, 0.2) is 0 Å². The molecule has 1 aromatic rings. The predicted molar refractivity (Wildman–Crippen MR) is 52.9 cm³/mol. The van der Waals surface area contributed by atoms with Crippen LogP contribution < -0.4 is 10.1 Å². The van der Waals surface area contributed by atoms with Crippen LogP contribution in [0.3, 0.4) is 0 Å². The highest BCUT2D eigenvalue weighted by molar-refractivity contribution is 5.22. The Kier molecular flexibility index (Phi) is 2.99. The average Bonchev–Trinajstić information content (AvgIpc) is 2.70. The van der Waals surface area contributed by atoms with Gasteiger partial charge in [-0.05, 0) is 37.2 Å². The van der Waals surface area contributed by atoms with Gasteiger partial charge in [-0.3, -0.25) is 0 Å². The van der Waals surface area contributed by atoms with Crippen LogP contribution in [0.15, 0.2) is 24.3 Å². The summed E-state index contributed by atoms with van der Waals surface area (Å²) in [5, 5.41) is 3.28. The first-order valence-electron chi connectivity index (χ1n) is 4.94. The summed E-state index contributed by atoms with van der Waals surface area (Å²) in [6, 6.07) is 6.17. The van der Waals surface area contributed by atoms with Gasteiger partial charge in [0.05, 0.1) is 6.61 Å². The zero-order chi connectivity index (χ0) is 9.80. The van der Waals surface area contributed by atoms with Crippen LogP contribution in [0.1, 0.15) is 6.42 Å². The van der Waals surface area contributed by atoms with Crippen molar-refractivity contribution in [3.8, 4) is 5.75 Å². The monoisotopic (exact) mass is 195 g/mol. The van der Waals surface area contributed by atoms with Gasteiger partial charge in [0.1, 0.15) is 11.6 Å². The molecule has 0 amide bonds. The van der Waals surface area contributed by atoms with Crippen molar-refractivity contribution < 1.29 is 9.13 Å². The quantitative estimate of drug-likeness (QED) is 0.794. The average molecular weight is 195 g/mol. The Morgan fingerprint density at radius 2 is 2.14 bits per heavy atom. The third kappa shape index (κ3) is 2.45. The largest absolute Gasteiger partial charge is 0.493 e. The first-order valence-corrected chi connectivity index (χ1v) is 4.94. The smallest absolute Gasteiger partial charge is 0.123 e. The van der Waals surface area contributed by atoms with Crippen molar-refractivity contribution in [1.29, 1.82) is 0 Å². The van der Waals surface area contributed by atoms with Gasteiger partial charge in [-0.15, -0.1) is 0 Å². The summed E-state index contributed by atoms with van der Waals surface area (Å²) < 4.78 is 18.1. The second kappa shape index (κ2) is 4.42. The summed E-state index contributed by atoms with van der Waals surface area (Å²) in [4.78, 5) is 0. The molecule has 1 atom stereocenters. The lowest BCUT2D eigenvalue weighted by atomic mass is 10.1. The minimum absolute atomic E-state index is 0.222. The Labute approximate surface area is 83.1 Å². The maximum Gasteiger partial charge on any atom is 0.123 e. The first-order chi connectivity index (χ1) is 6.84. The van der Waals surface area contributed by atoms with Gasteiger partial charge in [0.25, 0.3) is 0 Å². The molecule has 76 valence electrons. The van der Waals surface area contributed by atoms with Crippen LogP contribution in [0.25, 0.3) is 0 Å². The molecule has 1 fully saturated rings. The van der Waals surface area contributed by atoms with Crippen LogP contribution in [-0.4, -0.2) is 19.7 Å². The molecule has 3 heteroatoms. The van der Waals surface area contributed by atoms with Crippen molar-refractivity contribution in [2.45, 2.75) is 6.42 Å². The molecule has 0 spiro atoms. The van der Waals surface area contributed by atoms with E-state index >= 15 is 0 Å². The molecular formula is C11H14FNO. The lowest BCUT2D eigenvalue weighted by molar-refractivity contribution is 0.260. The number of ether oxygens (including phenoxy) is 1. The first kappa shape index (κ1) is 9.46. The van der Waals surface area contributed by atoms with E-state index in [0.29, 0.717) is 5.92 Å². The second-order valence-corrected chi connectivity index (χ2v) is 3.62. The van der Waals surface area contributed by atoms with Crippen molar-refractivity contribution in [2.24, 2.45) is 5.92 Å². The van der Waals surface area contributed by atoms with Gasteiger partial charge >= 0.3 is 0 Å². The third-order valence-electron chi connectivity index (χ3n) is 2.46. The molecule has 0 aromatic heterocycles. The highest BCUT2D eigenvalue weighted by Gasteiger charge is 2.14. The highest BCUT2D eigenvalue weighted by Crippen LogP contribution is 2.14. The van der Waals surface area contributed by atoms with Gasteiger partial charge in [-0.1, -0.05) is 0 Å². The molecule has 1 N–H and O–H groups in total. The number of benzene rings is 1. The van der Waals surface area contributed by atoms with Crippen LogP contribution in [0.4, 0.5) is 4.39 Å². The summed E-state index contributed by atoms with van der Waals surface area (Å²) in [5.74, 6) is 1.12. The summed E-state index contributed by atoms with van der Waals surface area (Å²) in [6.07, 6.45) is 1.17. The van der Waals surface area contributed by atoms with Crippen molar-refractivity contribution in [3.05, 3.63) is 30.1 Å². The van der Waals surface area contributed by atoms with E-state index in [4.69, 9.17) is 4.74 Å². The molecule has 0 radical (unpaired) electrons. The Bertz CT molecular complexity index is 280. The van der Waals surface area contributed by atoms with E-state index in [1.54, 1.807) is 12.1 Å². The normalized spacial score (nSPS) is 21.1. The van der Waals surface area contributed by atoms with Crippen molar-refractivity contribution in [1.82, 2.24) is 5.32 Å². The molecule has 0 aliphatic carbocycles. The Morgan fingerprint density at radius 1 is 1.36 bits per heavy atom. The van der Waals surface area contributed by atoms with E-state index < -0.39 is 0 Å². The Hall–Kier alpha value is -1.09. The predicted octanol–water partition coefficient (Wildman–Crippen LogP) is 1.81. The maximum absolute atomic E-state index is 12.6. The number of rotatable bonds is 3. The number of hydrogen-bond acceptors (Lipinski definition) is 2. The van der Waals surface area contributed by atoms with Gasteiger partial charge < -0.3 is 10.1 Å². The lowest BCUT2D eigenvalue weighted by Gasteiger charge is -2.10. The van der Waals surface area contributed by atoms with Gasteiger partial charge in [0.2, 0.25) is 0 Å². The zero-order valence-electron chi connectivity index (χ0n) is 8.00. The van der Waals surface area contributed by atoms with Crippen LogP contribution in [-0.2, 0) is 0 Å². The molecule has 0 bridgehead atoms. The maximum atomic E-state index is 12.6. The molecule has 2 nitrogen and oxygen atoms in total. The van der Waals surface area contributed by atoms with E-state index in [9.17, 15) is 4.39 Å². The SMILES string of the molecule is Fc1ccc(OC[C@@H]2CCNC2)cc1. The van der Waals surface area contributed by atoms with E-state index in [-0.39, 0.29) is 5.82 Å². The zero-order valence-corrected chi connectivity index (χ0v) is 8.00. The van der Waals surface area contributed by atoms with Crippen LogP contribution in [0.5, 0.6) is 5.75 Å². The number of hydrogen-bond donors (Lipinski definition) is 1. The molecule has 1 aliphatic rings. The molecule has 2 rings (SSSR count). The second-order valence-electron chi connectivity index (χ2n) is 3.62.